The Morgan fingerprint density at radius 2 is 1.68 bits per heavy atom. The highest BCUT2D eigenvalue weighted by molar-refractivity contribution is 5.43. The van der Waals surface area contributed by atoms with Crippen LogP contribution in [0.15, 0.2) is 48.5 Å². The fourth-order valence-corrected chi connectivity index (χ4v) is 3.05. The van der Waals surface area contributed by atoms with Crippen molar-refractivity contribution in [1.29, 1.82) is 0 Å². The minimum absolute atomic E-state index is 0.318. The molecule has 1 aliphatic carbocycles. The molecule has 0 fully saturated rings. The van der Waals surface area contributed by atoms with Crippen molar-refractivity contribution >= 4 is 0 Å². The lowest BCUT2D eigenvalue weighted by atomic mass is 9.74. The van der Waals surface area contributed by atoms with Gasteiger partial charge < -0.3 is 10.5 Å². The summed E-state index contributed by atoms with van der Waals surface area (Å²) in [6, 6.07) is 16.7. The lowest BCUT2D eigenvalue weighted by molar-refractivity contribution is 0.349. The van der Waals surface area contributed by atoms with E-state index in [4.69, 9.17) is 10.5 Å². The van der Waals surface area contributed by atoms with Gasteiger partial charge in [-0.1, -0.05) is 42.5 Å². The second-order valence-electron chi connectivity index (χ2n) is 5.30. The van der Waals surface area contributed by atoms with Gasteiger partial charge in [0.1, 0.15) is 5.75 Å². The first-order valence-electron chi connectivity index (χ1n) is 6.72. The SMILES string of the molecule is COc1ccccc1C1(N)CCc2ccccc2C1. The smallest absolute Gasteiger partial charge is 0.123 e. The summed E-state index contributed by atoms with van der Waals surface area (Å²) in [6.07, 6.45) is 2.87. The van der Waals surface area contributed by atoms with E-state index in [1.165, 1.54) is 11.1 Å². The third-order valence-corrected chi connectivity index (χ3v) is 4.11. The summed E-state index contributed by atoms with van der Waals surface area (Å²) in [5.74, 6) is 0.893. The molecule has 1 unspecified atom stereocenters. The summed E-state index contributed by atoms with van der Waals surface area (Å²) in [4.78, 5) is 0. The Hall–Kier alpha value is -1.80. The van der Waals surface area contributed by atoms with E-state index in [2.05, 4.69) is 30.3 Å². The number of rotatable bonds is 2. The number of hydrogen-bond donors (Lipinski definition) is 1. The molecule has 2 aromatic carbocycles. The van der Waals surface area contributed by atoms with Gasteiger partial charge in [0.25, 0.3) is 0 Å². The van der Waals surface area contributed by atoms with Crippen molar-refractivity contribution in [2.75, 3.05) is 7.11 Å². The van der Waals surface area contributed by atoms with E-state index in [0.717, 1.165) is 30.6 Å². The molecular formula is C17H19NO. The van der Waals surface area contributed by atoms with Crippen molar-refractivity contribution in [3.8, 4) is 5.75 Å². The molecule has 2 nitrogen and oxygen atoms in total. The molecule has 0 aromatic heterocycles. The number of fused-ring (bicyclic) bond motifs is 1. The molecule has 19 heavy (non-hydrogen) atoms. The van der Waals surface area contributed by atoms with Crippen LogP contribution in [0.4, 0.5) is 0 Å². The van der Waals surface area contributed by atoms with Gasteiger partial charge in [0.15, 0.2) is 0 Å². The van der Waals surface area contributed by atoms with Gasteiger partial charge in [-0.15, -0.1) is 0 Å². The third-order valence-electron chi connectivity index (χ3n) is 4.11. The zero-order chi connectivity index (χ0) is 13.3. The standard InChI is InChI=1S/C17H19NO/c1-19-16-9-5-4-8-15(16)17(18)11-10-13-6-2-3-7-14(13)12-17/h2-9H,10-12,18H2,1H3. The highest BCUT2D eigenvalue weighted by atomic mass is 16.5. The van der Waals surface area contributed by atoms with Crippen LogP contribution in [0.25, 0.3) is 0 Å². The molecule has 0 amide bonds. The maximum Gasteiger partial charge on any atom is 0.123 e. The normalized spacial score (nSPS) is 21.8. The van der Waals surface area contributed by atoms with Gasteiger partial charge in [-0.25, -0.2) is 0 Å². The average molecular weight is 253 g/mol. The maximum absolute atomic E-state index is 6.69. The molecular weight excluding hydrogens is 234 g/mol. The first kappa shape index (κ1) is 12.2. The Bertz CT molecular complexity index is 593. The number of aryl methyl sites for hydroxylation is 1. The number of ether oxygens (including phenoxy) is 1. The predicted molar refractivity (Wildman–Crippen MR) is 77.3 cm³/mol. The van der Waals surface area contributed by atoms with Crippen LogP contribution in [0.5, 0.6) is 5.75 Å². The predicted octanol–water partition coefficient (Wildman–Crippen LogP) is 3.04. The molecule has 3 rings (SSSR count). The van der Waals surface area contributed by atoms with Crippen LogP contribution in [0.3, 0.4) is 0 Å². The molecule has 0 saturated carbocycles. The molecule has 98 valence electrons. The van der Waals surface area contributed by atoms with Crippen molar-refractivity contribution in [3.05, 3.63) is 65.2 Å². The lowest BCUT2D eigenvalue weighted by Crippen LogP contribution is -2.42. The molecule has 0 bridgehead atoms. The summed E-state index contributed by atoms with van der Waals surface area (Å²) >= 11 is 0. The minimum atomic E-state index is -0.318. The van der Waals surface area contributed by atoms with Crippen LogP contribution in [0.1, 0.15) is 23.1 Å². The van der Waals surface area contributed by atoms with Crippen molar-refractivity contribution in [2.24, 2.45) is 5.73 Å². The largest absolute Gasteiger partial charge is 0.496 e. The molecule has 0 radical (unpaired) electrons. The van der Waals surface area contributed by atoms with Gasteiger partial charge in [-0.3, -0.25) is 0 Å². The second kappa shape index (κ2) is 4.71. The minimum Gasteiger partial charge on any atom is -0.496 e. The summed E-state index contributed by atoms with van der Waals surface area (Å²) in [7, 11) is 1.71. The lowest BCUT2D eigenvalue weighted by Gasteiger charge is -2.36. The fourth-order valence-electron chi connectivity index (χ4n) is 3.05. The molecule has 2 heteroatoms. The van der Waals surface area contributed by atoms with Gasteiger partial charge in [0.2, 0.25) is 0 Å². The van der Waals surface area contributed by atoms with E-state index < -0.39 is 0 Å². The van der Waals surface area contributed by atoms with E-state index in [-0.39, 0.29) is 5.54 Å². The van der Waals surface area contributed by atoms with Crippen molar-refractivity contribution in [1.82, 2.24) is 0 Å². The summed E-state index contributed by atoms with van der Waals surface area (Å²) in [5, 5.41) is 0. The van der Waals surface area contributed by atoms with E-state index in [0.29, 0.717) is 0 Å². The fraction of sp³-hybridized carbons (Fsp3) is 0.294. The first-order chi connectivity index (χ1) is 9.23. The zero-order valence-electron chi connectivity index (χ0n) is 11.2. The third kappa shape index (κ3) is 2.13. The molecule has 0 heterocycles. The Morgan fingerprint density at radius 3 is 2.47 bits per heavy atom. The number of benzene rings is 2. The van der Waals surface area contributed by atoms with E-state index in [1.807, 2.05) is 18.2 Å². The monoisotopic (exact) mass is 253 g/mol. The summed E-state index contributed by atoms with van der Waals surface area (Å²) in [6.45, 7) is 0. The zero-order valence-corrected chi connectivity index (χ0v) is 11.2. The molecule has 0 saturated heterocycles. The Kier molecular flexibility index (Phi) is 3.03. The molecule has 0 spiro atoms. The van der Waals surface area contributed by atoms with Crippen LogP contribution < -0.4 is 10.5 Å². The number of hydrogen-bond acceptors (Lipinski definition) is 2. The number of nitrogens with two attached hydrogens (primary N) is 1. The van der Waals surface area contributed by atoms with Gasteiger partial charge in [0.05, 0.1) is 7.11 Å². The molecule has 0 aliphatic heterocycles. The molecule has 1 atom stereocenters. The van der Waals surface area contributed by atoms with Crippen LogP contribution in [0, 0.1) is 0 Å². The number of para-hydroxylation sites is 1. The van der Waals surface area contributed by atoms with Crippen molar-refractivity contribution < 1.29 is 4.74 Å². The molecule has 2 aromatic rings. The van der Waals surface area contributed by atoms with Crippen molar-refractivity contribution in [2.45, 2.75) is 24.8 Å². The van der Waals surface area contributed by atoms with Gasteiger partial charge in [-0.05, 0) is 36.5 Å². The summed E-state index contributed by atoms with van der Waals surface area (Å²) in [5.41, 5.74) is 10.3. The van der Waals surface area contributed by atoms with Crippen LogP contribution in [-0.4, -0.2) is 7.11 Å². The first-order valence-corrected chi connectivity index (χ1v) is 6.72. The highest BCUT2D eigenvalue weighted by Crippen LogP contribution is 2.38. The van der Waals surface area contributed by atoms with Gasteiger partial charge in [0, 0.05) is 11.1 Å². The second-order valence-corrected chi connectivity index (χ2v) is 5.30. The Morgan fingerprint density at radius 1 is 1.00 bits per heavy atom. The Balaban J connectivity index is 2.01. The van der Waals surface area contributed by atoms with E-state index in [9.17, 15) is 0 Å². The van der Waals surface area contributed by atoms with Crippen LogP contribution in [-0.2, 0) is 18.4 Å². The molecule has 2 N–H and O–H groups in total. The topological polar surface area (TPSA) is 35.2 Å². The highest BCUT2D eigenvalue weighted by Gasteiger charge is 2.34. The van der Waals surface area contributed by atoms with Crippen LogP contribution >= 0.6 is 0 Å². The quantitative estimate of drug-likeness (QED) is 0.893. The number of methoxy groups -OCH3 is 1. The van der Waals surface area contributed by atoms with Crippen LogP contribution in [0.2, 0.25) is 0 Å². The van der Waals surface area contributed by atoms with E-state index >= 15 is 0 Å². The van der Waals surface area contributed by atoms with Crippen molar-refractivity contribution in [3.63, 3.8) is 0 Å². The summed E-state index contributed by atoms with van der Waals surface area (Å²) < 4.78 is 5.47. The van der Waals surface area contributed by atoms with E-state index in [1.54, 1.807) is 7.11 Å². The Labute approximate surface area is 114 Å². The maximum atomic E-state index is 6.69. The van der Waals surface area contributed by atoms with Gasteiger partial charge in [-0.2, -0.15) is 0 Å². The average Bonchev–Trinajstić information content (AvgIpc) is 2.47. The van der Waals surface area contributed by atoms with Gasteiger partial charge >= 0.3 is 0 Å². The molecule has 1 aliphatic rings.